The van der Waals surface area contributed by atoms with Crippen LogP contribution in [0, 0.1) is 11.8 Å². The van der Waals surface area contributed by atoms with E-state index in [1.807, 2.05) is 30.3 Å². The van der Waals surface area contributed by atoms with Crippen LogP contribution in [-0.2, 0) is 4.79 Å². The fraction of sp³-hybridized carbons (Fsp3) is 0.120. The summed E-state index contributed by atoms with van der Waals surface area (Å²) < 4.78 is 0.741. The van der Waals surface area contributed by atoms with Crippen LogP contribution in [0.25, 0.3) is 0 Å². The molecule has 1 aliphatic rings. The Morgan fingerprint density at radius 2 is 1.81 bits per heavy atom. The molecule has 6 nitrogen and oxygen atoms in total. The lowest BCUT2D eigenvalue weighted by molar-refractivity contribution is -0.116. The smallest absolute Gasteiger partial charge is 0.261 e. The topological polar surface area (TPSA) is 79.4 Å². The molecule has 1 aromatic heterocycles. The predicted octanol–water partition coefficient (Wildman–Crippen LogP) is 4.26. The van der Waals surface area contributed by atoms with Crippen LogP contribution in [-0.4, -0.2) is 34.2 Å². The van der Waals surface area contributed by atoms with E-state index in [4.69, 9.17) is 0 Å². The molecule has 0 bridgehead atoms. The monoisotopic (exact) mass is 487 g/mol. The first-order chi connectivity index (χ1) is 15.5. The molecule has 2 aromatic carbocycles. The molecule has 4 rings (SSSR count). The normalized spacial score (nSPS) is 12.2. The lowest BCUT2D eigenvalue weighted by atomic mass is 10.1. The van der Waals surface area contributed by atoms with Crippen LogP contribution in [0.4, 0.5) is 5.69 Å². The maximum atomic E-state index is 12.5. The maximum Gasteiger partial charge on any atom is 0.261 e. The van der Waals surface area contributed by atoms with E-state index in [1.165, 1.54) is 4.90 Å². The SMILES string of the molecule is O=C(CCCN1C(=O)c2ccc(Br)cc2C1=O)Nc1cccc(C#Cc2ccccn2)c1. The average molecular weight is 488 g/mol. The minimum atomic E-state index is -0.328. The lowest BCUT2D eigenvalue weighted by Crippen LogP contribution is -2.31. The number of hydrogen-bond acceptors (Lipinski definition) is 4. The standard InChI is InChI=1S/C25H18BrN3O3/c26-18-10-12-21-22(16-18)25(32)29(24(21)31)14-4-8-23(30)28-20-7-3-5-17(15-20)9-11-19-6-1-2-13-27-19/h1-3,5-7,10,12-13,15-16H,4,8,14H2,(H,28,30). The van der Waals surface area contributed by atoms with Crippen LogP contribution in [0.15, 0.2) is 71.3 Å². The molecular formula is C25H18BrN3O3. The highest BCUT2D eigenvalue weighted by atomic mass is 79.9. The number of benzene rings is 2. The van der Waals surface area contributed by atoms with E-state index in [-0.39, 0.29) is 30.7 Å². The van der Waals surface area contributed by atoms with Crippen LogP contribution < -0.4 is 5.32 Å². The quantitative estimate of drug-likeness (QED) is 0.430. The van der Waals surface area contributed by atoms with E-state index in [9.17, 15) is 14.4 Å². The fourth-order valence-corrected chi connectivity index (χ4v) is 3.70. The molecule has 3 amide bonds. The number of nitrogens with zero attached hydrogens (tertiary/aromatic N) is 2. The van der Waals surface area contributed by atoms with Gasteiger partial charge in [0.05, 0.1) is 11.1 Å². The summed E-state index contributed by atoms with van der Waals surface area (Å²) in [6.45, 7) is 0.187. The zero-order chi connectivity index (χ0) is 22.5. The van der Waals surface area contributed by atoms with Gasteiger partial charge in [0.15, 0.2) is 0 Å². The minimum absolute atomic E-state index is 0.181. The molecule has 0 saturated heterocycles. The van der Waals surface area contributed by atoms with Crippen LogP contribution in [0.3, 0.4) is 0 Å². The van der Waals surface area contributed by atoms with E-state index in [1.54, 1.807) is 36.5 Å². The van der Waals surface area contributed by atoms with Gasteiger partial charge >= 0.3 is 0 Å². The van der Waals surface area contributed by atoms with Gasteiger partial charge in [0.1, 0.15) is 5.69 Å². The molecule has 0 atom stereocenters. The molecule has 0 aliphatic carbocycles. The number of amides is 3. The van der Waals surface area contributed by atoms with Gasteiger partial charge in [-0.2, -0.15) is 0 Å². The molecule has 3 aromatic rings. The number of anilines is 1. The van der Waals surface area contributed by atoms with Crippen molar-refractivity contribution in [1.82, 2.24) is 9.88 Å². The fourth-order valence-electron chi connectivity index (χ4n) is 3.33. The highest BCUT2D eigenvalue weighted by Gasteiger charge is 2.35. The van der Waals surface area contributed by atoms with Gasteiger partial charge in [-0.15, -0.1) is 0 Å². The zero-order valence-electron chi connectivity index (χ0n) is 17.0. The van der Waals surface area contributed by atoms with Crippen molar-refractivity contribution < 1.29 is 14.4 Å². The van der Waals surface area contributed by atoms with Crippen molar-refractivity contribution in [3.63, 3.8) is 0 Å². The third-order valence-corrected chi connectivity index (χ3v) is 5.36. The summed E-state index contributed by atoms with van der Waals surface area (Å²) in [4.78, 5) is 42.7. The summed E-state index contributed by atoms with van der Waals surface area (Å²) in [6.07, 6.45) is 2.24. The number of halogens is 1. The van der Waals surface area contributed by atoms with Crippen molar-refractivity contribution in [2.45, 2.75) is 12.8 Å². The second kappa shape index (κ2) is 9.58. The molecule has 1 N–H and O–H groups in total. The summed E-state index contributed by atoms with van der Waals surface area (Å²) in [7, 11) is 0. The first-order valence-electron chi connectivity index (χ1n) is 10.00. The lowest BCUT2D eigenvalue weighted by Gasteiger charge is -2.13. The Balaban J connectivity index is 1.31. The highest BCUT2D eigenvalue weighted by molar-refractivity contribution is 9.10. The molecule has 32 heavy (non-hydrogen) atoms. The van der Waals surface area contributed by atoms with Crippen LogP contribution in [0.1, 0.15) is 44.8 Å². The van der Waals surface area contributed by atoms with E-state index in [0.717, 1.165) is 10.0 Å². The summed E-state index contributed by atoms with van der Waals surface area (Å²) >= 11 is 3.32. The van der Waals surface area contributed by atoms with Crippen molar-refractivity contribution >= 4 is 39.3 Å². The summed E-state index contributed by atoms with van der Waals surface area (Å²) in [5.41, 5.74) is 2.84. The Morgan fingerprint density at radius 3 is 2.62 bits per heavy atom. The van der Waals surface area contributed by atoms with Gasteiger partial charge in [0.2, 0.25) is 5.91 Å². The Bertz CT molecular complexity index is 1260. The van der Waals surface area contributed by atoms with Crippen LogP contribution in [0.2, 0.25) is 0 Å². The number of pyridine rings is 1. The highest BCUT2D eigenvalue weighted by Crippen LogP contribution is 2.26. The van der Waals surface area contributed by atoms with Crippen molar-refractivity contribution in [2.24, 2.45) is 0 Å². The summed E-state index contributed by atoms with van der Waals surface area (Å²) in [5.74, 6) is 5.16. The molecule has 158 valence electrons. The molecule has 2 heterocycles. The van der Waals surface area contributed by atoms with Crippen LogP contribution in [0.5, 0.6) is 0 Å². The molecular weight excluding hydrogens is 470 g/mol. The third-order valence-electron chi connectivity index (χ3n) is 4.86. The maximum absolute atomic E-state index is 12.5. The van der Waals surface area contributed by atoms with Gasteiger partial charge in [0, 0.05) is 34.9 Å². The van der Waals surface area contributed by atoms with Crippen LogP contribution >= 0.6 is 15.9 Å². The van der Waals surface area contributed by atoms with Gasteiger partial charge in [0.25, 0.3) is 11.8 Å². The van der Waals surface area contributed by atoms with Crippen molar-refractivity contribution in [2.75, 3.05) is 11.9 Å². The number of carbonyl (C=O) groups excluding carboxylic acids is 3. The van der Waals surface area contributed by atoms with Gasteiger partial charge in [-0.3, -0.25) is 19.3 Å². The van der Waals surface area contributed by atoms with Crippen molar-refractivity contribution in [1.29, 1.82) is 0 Å². The Labute approximate surface area is 193 Å². The Kier molecular flexibility index (Phi) is 6.43. The van der Waals surface area contributed by atoms with E-state index in [0.29, 0.717) is 28.9 Å². The number of rotatable bonds is 5. The second-order valence-corrected chi connectivity index (χ2v) is 8.07. The number of hydrogen-bond donors (Lipinski definition) is 1. The minimum Gasteiger partial charge on any atom is -0.326 e. The number of carbonyl (C=O) groups is 3. The molecule has 0 radical (unpaired) electrons. The summed E-state index contributed by atoms with van der Waals surface area (Å²) in [5, 5.41) is 2.84. The van der Waals surface area contributed by atoms with E-state index >= 15 is 0 Å². The van der Waals surface area contributed by atoms with E-state index in [2.05, 4.69) is 38.1 Å². The number of nitrogens with one attached hydrogen (secondary N) is 1. The van der Waals surface area contributed by atoms with Gasteiger partial charge in [-0.1, -0.05) is 34.0 Å². The van der Waals surface area contributed by atoms with Gasteiger partial charge in [-0.25, -0.2) is 4.98 Å². The zero-order valence-corrected chi connectivity index (χ0v) is 18.6. The summed E-state index contributed by atoms with van der Waals surface area (Å²) in [6, 6.07) is 17.8. The number of fused-ring (bicyclic) bond motifs is 1. The average Bonchev–Trinajstić information content (AvgIpc) is 3.03. The first kappa shape index (κ1) is 21.5. The molecule has 0 spiro atoms. The molecule has 1 aliphatic heterocycles. The largest absolute Gasteiger partial charge is 0.326 e. The van der Waals surface area contributed by atoms with Crippen molar-refractivity contribution in [3.05, 3.63) is 93.7 Å². The second-order valence-electron chi connectivity index (χ2n) is 7.15. The Hall–Kier alpha value is -3.76. The van der Waals surface area contributed by atoms with E-state index < -0.39 is 0 Å². The van der Waals surface area contributed by atoms with Crippen molar-refractivity contribution in [3.8, 4) is 11.8 Å². The Morgan fingerprint density at radius 1 is 0.969 bits per heavy atom. The predicted molar refractivity (Wildman–Crippen MR) is 124 cm³/mol. The van der Waals surface area contributed by atoms with Gasteiger partial charge < -0.3 is 5.32 Å². The molecule has 0 fully saturated rings. The number of imide groups is 1. The third kappa shape index (κ3) is 4.93. The first-order valence-corrected chi connectivity index (χ1v) is 10.8. The molecule has 7 heteroatoms. The number of aromatic nitrogens is 1. The van der Waals surface area contributed by atoms with Gasteiger partial charge in [-0.05, 0) is 60.9 Å². The molecule has 0 saturated carbocycles. The molecule has 0 unspecified atom stereocenters.